The Bertz CT molecular complexity index is 400. The zero-order valence-electron chi connectivity index (χ0n) is 10.4. The van der Waals surface area contributed by atoms with Crippen LogP contribution < -0.4 is 0 Å². The van der Waals surface area contributed by atoms with Crippen LogP contribution in [0.15, 0.2) is 11.4 Å². The van der Waals surface area contributed by atoms with Crippen molar-refractivity contribution in [3.8, 4) is 0 Å². The van der Waals surface area contributed by atoms with Gasteiger partial charge in [0.25, 0.3) is 5.91 Å². The Morgan fingerprint density at radius 2 is 2.11 bits per heavy atom. The van der Waals surface area contributed by atoms with E-state index in [-0.39, 0.29) is 6.54 Å². The minimum Gasteiger partial charge on any atom is -0.329 e. The van der Waals surface area contributed by atoms with Gasteiger partial charge in [0.15, 0.2) is 0 Å². The molecule has 2 nitrogen and oxygen atoms in total. The highest BCUT2D eigenvalue weighted by atomic mass is 32.1. The normalized spacial score (nSPS) is 11.6. The van der Waals surface area contributed by atoms with Crippen LogP contribution in [0, 0.1) is 6.92 Å². The Morgan fingerprint density at radius 1 is 1.44 bits per heavy atom. The second kappa shape index (κ2) is 6.22. The molecule has 0 saturated carbocycles. The lowest BCUT2D eigenvalue weighted by Crippen LogP contribution is -2.39. The summed E-state index contributed by atoms with van der Waals surface area (Å²) in [7, 11) is 0. The summed E-state index contributed by atoms with van der Waals surface area (Å²) < 4.78 is 37.3. The minimum atomic E-state index is -4.35. The zero-order valence-corrected chi connectivity index (χ0v) is 11.2. The zero-order chi connectivity index (χ0) is 13.8. The van der Waals surface area contributed by atoms with Crippen molar-refractivity contribution in [2.24, 2.45) is 0 Å². The minimum absolute atomic E-state index is 0.145. The Morgan fingerprint density at radius 3 is 2.56 bits per heavy atom. The number of carbonyl (C=O) groups is 1. The summed E-state index contributed by atoms with van der Waals surface area (Å²) >= 11 is 1.19. The Hall–Kier alpha value is -1.04. The van der Waals surface area contributed by atoms with Crippen LogP contribution in [0.3, 0.4) is 0 Å². The molecule has 0 N–H and O–H groups in total. The average Bonchev–Trinajstić information content (AvgIpc) is 2.68. The molecule has 1 aromatic heterocycles. The van der Waals surface area contributed by atoms with Crippen molar-refractivity contribution >= 4 is 17.2 Å². The highest BCUT2D eigenvalue weighted by Gasteiger charge is 2.33. The molecule has 0 aromatic carbocycles. The van der Waals surface area contributed by atoms with Crippen molar-refractivity contribution in [1.29, 1.82) is 0 Å². The predicted molar refractivity (Wildman–Crippen MR) is 65.9 cm³/mol. The van der Waals surface area contributed by atoms with E-state index in [1.165, 1.54) is 11.3 Å². The van der Waals surface area contributed by atoms with E-state index in [4.69, 9.17) is 0 Å². The van der Waals surface area contributed by atoms with E-state index >= 15 is 0 Å². The summed E-state index contributed by atoms with van der Waals surface area (Å²) in [5.41, 5.74) is 0.730. The number of nitrogens with zero attached hydrogens (tertiary/aromatic N) is 1. The SMILES string of the molecule is CCCCN(CC(F)(F)F)C(=O)c1sccc1C. The van der Waals surface area contributed by atoms with Crippen molar-refractivity contribution in [2.75, 3.05) is 13.1 Å². The quantitative estimate of drug-likeness (QED) is 0.801. The van der Waals surface area contributed by atoms with Gasteiger partial charge in [-0.2, -0.15) is 13.2 Å². The second-order valence-corrected chi connectivity index (χ2v) is 5.04. The lowest BCUT2D eigenvalue weighted by Gasteiger charge is -2.23. The number of hydrogen-bond acceptors (Lipinski definition) is 2. The predicted octanol–water partition coefficient (Wildman–Crippen LogP) is 3.86. The smallest absolute Gasteiger partial charge is 0.329 e. The number of alkyl halides is 3. The van der Waals surface area contributed by atoms with Crippen molar-refractivity contribution < 1.29 is 18.0 Å². The maximum atomic E-state index is 12.4. The summed E-state index contributed by atoms with van der Waals surface area (Å²) in [5, 5.41) is 1.72. The second-order valence-electron chi connectivity index (χ2n) is 4.13. The van der Waals surface area contributed by atoms with Gasteiger partial charge in [0.2, 0.25) is 0 Å². The molecule has 0 aliphatic carbocycles. The molecule has 0 aliphatic rings. The summed E-state index contributed by atoms with van der Waals surface area (Å²) in [4.78, 5) is 13.3. The number of thiophene rings is 1. The number of hydrogen-bond donors (Lipinski definition) is 0. The van der Waals surface area contributed by atoms with Gasteiger partial charge in [0.05, 0.1) is 4.88 Å². The van der Waals surface area contributed by atoms with E-state index in [1.807, 2.05) is 6.92 Å². The van der Waals surface area contributed by atoms with Gasteiger partial charge in [-0.05, 0) is 30.4 Å². The first-order chi connectivity index (χ1) is 8.35. The first-order valence-electron chi connectivity index (χ1n) is 5.75. The van der Waals surface area contributed by atoms with Crippen LogP contribution in [0.1, 0.15) is 35.0 Å². The van der Waals surface area contributed by atoms with Gasteiger partial charge in [-0.1, -0.05) is 13.3 Å². The van der Waals surface area contributed by atoms with Crippen molar-refractivity contribution in [1.82, 2.24) is 4.90 Å². The third-order valence-electron chi connectivity index (χ3n) is 2.50. The van der Waals surface area contributed by atoms with E-state index in [9.17, 15) is 18.0 Å². The van der Waals surface area contributed by atoms with Gasteiger partial charge in [-0.3, -0.25) is 4.79 Å². The number of rotatable bonds is 5. The summed E-state index contributed by atoms with van der Waals surface area (Å²) in [6, 6.07) is 1.74. The molecule has 0 bridgehead atoms. The number of unbranched alkanes of at least 4 members (excludes halogenated alkanes) is 1. The Balaban J connectivity index is 2.82. The van der Waals surface area contributed by atoms with Crippen LogP contribution in [-0.2, 0) is 0 Å². The van der Waals surface area contributed by atoms with Crippen LogP contribution in [0.4, 0.5) is 13.2 Å². The molecule has 1 rings (SSSR count). The molecule has 0 spiro atoms. The molecule has 0 radical (unpaired) electrons. The molecule has 18 heavy (non-hydrogen) atoms. The van der Waals surface area contributed by atoms with Crippen LogP contribution in [0.25, 0.3) is 0 Å². The number of aryl methyl sites for hydroxylation is 1. The van der Waals surface area contributed by atoms with Crippen molar-refractivity contribution in [3.05, 3.63) is 21.9 Å². The Labute approximate surface area is 108 Å². The average molecular weight is 279 g/mol. The molecular formula is C12H16F3NOS. The van der Waals surface area contributed by atoms with Crippen LogP contribution in [0.2, 0.25) is 0 Å². The summed E-state index contributed by atoms with van der Waals surface area (Å²) in [6.45, 7) is 2.58. The third-order valence-corrected chi connectivity index (χ3v) is 3.50. The summed E-state index contributed by atoms with van der Waals surface area (Å²) in [5.74, 6) is -0.520. The standard InChI is InChI=1S/C12H16F3NOS/c1-3-4-6-16(8-12(13,14)15)11(17)10-9(2)5-7-18-10/h5,7H,3-4,6,8H2,1-2H3. The maximum absolute atomic E-state index is 12.4. The highest BCUT2D eigenvalue weighted by molar-refractivity contribution is 7.12. The molecule has 0 unspecified atom stereocenters. The number of halogens is 3. The van der Waals surface area contributed by atoms with Crippen LogP contribution >= 0.6 is 11.3 Å². The molecular weight excluding hydrogens is 263 g/mol. The molecule has 0 saturated heterocycles. The van der Waals surface area contributed by atoms with Crippen LogP contribution in [-0.4, -0.2) is 30.1 Å². The lowest BCUT2D eigenvalue weighted by atomic mass is 10.2. The fourth-order valence-corrected chi connectivity index (χ4v) is 2.45. The fraction of sp³-hybridized carbons (Fsp3) is 0.583. The molecule has 102 valence electrons. The third kappa shape index (κ3) is 4.33. The van der Waals surface area contributed by atoms with E-state index in [0.717, 1.165) is 16.9 Å². The van der Waals surface area contributed by atoms with Gasteiger partial charge >= 0.3 is 6.18 Å². The van der Waals surface area contributed by atoms with Gasteiger partial charge < -0.3 is 4.90 Å². The molecule has 6 heteroatoms. The van der Waals surface area contributed by atoms with Crippen molar-refractivity contribution in [3.63, 3.8) is 0 Å². The highest BCUT2D eigenvalue weighted by Crippen LogP contribution is 2.22. The first kappa shape index (κ1) is 15.0. The lowest BCUT2D eigenvalue weighted by molar-refractivity contribution is -0.140. The van der Waals surface area contributed by atoms with Gasteiger partial charge in [-0.25, -0.2) is 0 Å². The van der Waals surface area contributed by atoms with E-state index in [0.29, 0.717) is 11.3 Å². The maximum Gasteiger partial charge on any atom is 0.406 e. The first-order valence-corrected chi connectivity index (χ1v) is 6.63. The molecule has 0 aliphatic heterocycles. The monoisotopic (exact) mass is 279 g/mol. The van der Waals surface area contributed by atoms with Gasteiger partial charge in [0.1, 0.15) is 6.54 Å². The van der Waals surface area contributed by atoms with E-state index in [2.05, 4.69) is 0 Å². The number of amides is 1. The fourth-order valence-electron chi connectivity index (χ4n) is 1.55. The molecule has 0 atom stereocenters. The molecule has 1 aromatic rings. The Kier molecular flexibility index (Phi) is 5.19. The van der Waals surface area contributed by atoms with Gasteiger partial charge in [-0.15, -0.1) is 11.3 Å². The van der Waals surface area contributed by atoms with E-state index < -0.39 is 18.6 Å². The van der Waals surface area contributed by atoms with Crippen LogP contribution in [0.5, 0.6) is 0 Å². The largest absolute Gasteiger partial charge is 0.406 e. The summed E-state index contributed by atoms with van der Waals surface area (Å²) in [6.07, 6.45) is -3.02. The molecule has 0 fully saturated rings. The number of carbonyl (C=O) groups excluding carboxylic acids is 1. The van der Waals surface area contributed by atoms with E-state index in [1.54, 1.807) is 18.4 Å². The topological polar surface area (TPSA) is 20.3 Å². The van der Waals surface area contributed by atoms with Gasteiger partial charge in [0, 0.05) is 6.54 Å². The molecule has 1 heterocycles. The van der Waals surface area contributed by atoms with Crippen molar-refractivity contribution in [2.45, 2.75) is 32.9 Å². The molecule has 1 amide bonds.